The highest BCUT2D eigenvalue weighted by Crippen LogP contribution is 2.45. The number of ether oxygens (including phenoxy) is 1. The van der Waals surface area contributed by atoms with Crippen LogP contribution in [0.2, 0.25) is 0 Å². The highest BCUT2D eigenvalue weighted by atomic mass is 16.5. The molecule has 170 valence electrons. The highest BCUT2D eigenvalue weighted by Gasteiger charge is 2.40. The number of benzene rings is 3. The summed E-state index contributed by atoms with van der Waals surface area (Å²) in [5, 5.41) is 3.52. The quantitative estimate of drug-likeness (QED) is 0.436. The number of hydrogen-bond acceptors (Lipinski definition) is 4. The Labute approximate surface area is 196 Å². The SMILES string of the molecule is COC(=O)CNC(=O)CN1C(=O)c2ccccc2C1c1c(-c2ccccc2)[nH]c2ccccc12. The Hall–Kier alpha value is -4.39. The van der Waals surface area contributed by atoms with Gasteiger partial charge in [-0.1, -0.05) is 66.7 Å². The number of hydrogen-bond donors (Lipinski definition) is 2. The number of nitrogens with zero attached hydrogens (tertiary/aromatic N) is 1. The highest BCUT2D eigenvalue weighted by molar-refractivity contribution is 6.03. The predicted molar refractivity (Wildman–Crippen MR) is 128 cm³/mol. The van der Waals surface area contributed by atoms with E-state index >= 15 is 0 Å². The first-order valence-corrected chi connectivity index (χ1v) is 11.0. The lowest BCUT2D eigenvalue weighted by Crippen LogP contribution is -2.41. The van der Waals surface area contributed by atoms with Gasteiger partial charge in [0, 0.05) is 22.0 Å². The maximum absolute atomic E-state index is 13.5. The van der Waals surface area contributed by atoms with Crippen LogP contribution < -0.4 is 5.32 Å². The maximum Gasteiger partial charge on any atom is 0.325 e. The lowest BCUT2D eigenvalue weighted by Gasteiger charge is -2.26. The van der Waals surface area contributed by atoms with Crippen molar-refractivity contribution in [3.63, 3.8) is 0 Å². The van der Waals surface area contributed by atoms with E-state index in [-0.39, 0.29) is 19.0 Å². The molecule has 1 aliphatic heterocycles. The van der Waals surface area contributed by atoms with Gasteiger partial charge in [0.25, 0.3) is 5.91 Å². The summed E-state index contributed by atoms with van der Waals surface area (Å²) in [6.45, 7) is -0.444. The zero-order chi connectivity index (χ0) is 23.7. The van der Waals surface area contributed by atoms with Gasteiger partial charge < -0.3 is 19.9 Å². The van der Waals surface area contributed by atoms with Crippen LogP contribution in [0.15, 0.2) is 78.9 Å². The molecule has 34 heavy (non-hydrogen) atoms. The zero-order valence-corrected chi connectivity index (χ0v) is 18.6. The summed E-state index contributed by atoms with van der Waals surface area (Å²) in [6.07, 6.45) is 0. The van der Waals surface area contributed by atoms with E-state index in [2.05, 4.69) is 15.0 Å². The fraction of sp³-hybridized carbons (Fsp3) is 0.148. The van der Waals surface area contributed by atoms with Crippen molar-refractivity contribution < 1.29 is 19.1 Å². The summed E-state index contributed by atoms with van der Waals surface area (Å²) >= 11 is 0. The van der Waals surface area contributed by atoms with Crippen LogP contribution in [-0.2, 0) is 14.3 Å². The molecule has 0 fully saturated rings. The number of fused-ring (bicyclic) bond motifs is 2. The lowest BCUT2D eigenvalue weighted by molar-refractivity contribution is -0.141. The number of methoxy groups -OCH3 is 1. The maximum atomic E-state index is 13.5. The third-order valence-corrected chi connectivity index (χ3v) is 6.11. The van der Waals surface area contributed by atoms with Crippen LogP contribution in [0.1, 0.15) is 27.5 Å². The molecule has 1 aromatic heterocycles. The standard InChI is InChI=1S/C27H23N3O4/c1-34-23(32)15-28-22(31)16-30-26(18-11-5-6-12-19(18)27(30)33)24-20-13-7-8-14-21(20)29-25(24)17-9-3-2-4-10-17/h2-14,26,29H,15-16H2,1H3,(H,28,31). The summed E-state index contributed by atoms with van der Waals surface area (Å²) in [5.74, 6) is -1.21. The first-order chi connectivity index (χ1) is 16.6. The fourth-order valence-corrected chi connectivity index (χ4v) is 4.58. The Morgan fingerprint density at radius 1 is 0.971 bits per heavy atom. The fourth-order valence-electron chi connectivity index (χ4n) is 4.58. The number of carbonyl (C=O) groups is 3. The second kappa shape index (κ2) is 8.86. The van der Waals surface area contributed by atoms with Crippen molar-refractivity contribution in [1.29, 1.82) is 0 Å². The second-order valence-electron chi connectivity index (χ2n) is 8.10. The first kappa shape index (κ1) is 21.5. The summed E-state index contributed by atoms with van der Waals surface area (Å²) in [4.78, 5) is 42.8. The number of aromatic nitrogens is 1. The van der Waals surface area contributed by atoms with Crippen LogP contribution in [0.4, 0.5) is 0 Å². The molecular formula is C27H23N3O4. The minimum atomic E-state index is -0.552. The van der Waals surface area contributed by atoms with Gasteiger partial charge in [-0.3, -0.25) is 14.4 Å². The van der Waals surface area contributed by atoms with E-state index < -0.39 is 17.9 Å². The van der Waals surface area contributed by atoms with Crippen molar-refractivity contribution in [3.05, 3.63) is 95.6 Å². The molecule has 2 N–H and O–H groups in total. The van der Waals surface area contributed by atoms with Gasteiger partial charge in [0.2, 0.25) is 5.91 Å². The minimum absolute atomic E-state index is 0.192. The third-order valence-electron chi connectivity index (χ3n) is 6.11. The number of aromatic amines is 1. The molecule has 0 radical (unpaired) electrons. The van der Waals surface area contributed by atoms with Crippen LogP contribution in [-0.4, -0.2) is 47.9 Å². The van der Waals surface area contributed by atoms with E-state index in [9.17, 15) is 14.4 Å². The third kappa shape index (κ3) is 3.71. The van der Waals surface area contributed by atoms with Gasteiger partial charge >= 0.3 is 5.97 Å². The van der Waals surface area contributed by atoms with Crippen LogP contribution in [0.3, 0.4) is 0 Å². The zero-order valence-electron chi connectivity index (χ0n) is 18.6. The molecule has 0 aliphatic carbocycles. The molecule has 2 amide bonds. The molecule has 1 unspecified atom stereocenters. The molecule has 1 aliphatic rings. The Morgan fingerprint density at radius 3 is 2.47 bits per heavy atom. The van der Waals surface area contributed by atoms with Gasteiger partial charge in [-0.05, 0) is 23.3 Å². The van der Waals surface area contributed by atoms with Crippen molar-refractivity contribution in [2.45, 2.75) is 6.04 Å². The Balaban J connectivity index is 1.64. The molecule has 2 heterocycles. The summed E-state index contributed by atoms with van der Waals surface area (Å²) in [5.41, 5.74) is 5.17. The van der Waals surface area contributed by atoms with E-state index in [1.54, 1.807) is 11.0 Å². The molecule has 7 heteroatoms. The Morgan fingerprint density at radius 2 is 1.68 bits per heavy atom. The van der Waals surface area contributed by atoms with Crippen molar-refractivity contribution in [1.82, 2.24) is 15.2 Å². The van der Waals surface area contributed by atoms with E-state index in [1.165, 1.54) is 7.11 Å². The number of amides is 2. The van der Waals surface area contributed by atoms with Crippen molar-refractivity contribution >= 4 is 28.7 Å². The van der Waals surface area contributed by atoms with Crippen molar-refractivity contribution in [2.24, 2.45) is 0 Å². The van der Waals surface area contributed by atoms with E-state index in [0.29, 0.717) is 5.56 Å². The first-order valence-electron chi connectivity index (χ1n) is 11.0. The number of rotatable bonds is 6. The smallest absolute Gasteiger partial charge is 0.325 e. The number of carbonyl (C=O) groups excluding carboxylic acids is 3. The number of para-hydroxylation sites is 1. The van der Waals surface area contributed by atoms with E-state index in [4.69, 9.17) is 0 Å². The molecule has 5 rings (SSSR count). The normalized spacial score (nSPS) is 14.8. The summed E-state index contributed by atoms with van der Waals surface area (Å²) in [6, 6.07) is 24.8. The monoisotopic (exact) mass is 453 g/mol. The largest absolute Gasteiger partial charge is 0.468 e. The van der Waals surface area contributed by atoms with Crippen molar-refractivity contribution in [2.75, 3.05) is 20.2 Å². The van der Waals surface area contributed by atoms with Gasteiger partial charge in [-0.2, -0.15) is 0 Å². The molecule has 3 aromatic carbocycles. The molecule has 7 nitrogen and oxygen atoms in total. The van der Waals surface area contributed by atoms with Crippen LogP contribution in [0.25, 0.3) is 22.2 Å². The average molecular weight is 453 g/mol. The Kier molecular flexibility index (Phi) is 5.59. The van der Waals surface area contributed by atoms with Gasteiger partial charge in [-0.15, -0.1) is 0 Å². The average Bonchev–Trinajstić information content (AvgIpc) is 3.38. The number of H-pyrrole nitrogens is 1. The summed E-state index contributed by atoms with van der Waals surface area (Å²) < 4.78 is 4.60. The molecule has 0 bridgehead atoms. The van der Waals surface area contributed by atoms with Crippen LogP contribution in [0.5, 0.6) is 0 Å². The van der Waals surface area contributed by atoms with Crippen LogP contribution in [0, 0.1) is 0 Å². The van der Waals surface area contributed by atoms with Crippen molar-refractivity contribution in [3.8, 4) is 11.3 Å². The predicted octanol–water partition coefficient (Wildman–Crippen LogP) is 3.67. The van der Waals surface area contributed by atoms with Gasteiger partial charge in [0.1, 0.15) is 13.1 Å². The number of nitrogens with one attached hydrogen (secondary N) is 2. The molecule has 1 atom stereocenters. The molecule has 0 saturated carbocycles. The Bertz CT molecular complexity index is 1390. The molecule has 0 saturated heterocycles. The van der Waals surface area contributed by atoms with Gasteiger partial charge in [0.15, 0.2) is 0 Å². The van der Waals surface area contributed by atoms with Gasteiger partial charge in [-0.25, -0.2) is 0 Å². The van der Waals surface area contributed by atoms with Gasteiger partial charge in [0.05, 0.1) is 18.8 Å². The molecule has 4 aromatic rings. The lowest BCUT2D eigenvalue weighted by atomic mass is 9.93. The minimum Gasteiger partial charge on any atom is -0.468 e. The van der Waals surface area contributed by atoms with E-state index in [0.717, 1.165) is 33.3 Å². The second-order valence-corrected chi connectivity index (χ2v) is 8.10. The topological polar surface area (TPSA) is 91.5 Å². The van der Waals surface area contributed by atoms with Crippen LogP contribution >= 0.6 is 0 Å². The molecular weight excluding hydrogens is 430 g/mol. The van der Waals surface area contributed by atoms with E-state index in [1.807, 2.05) is 72.8 Å². The molecule has 0 spiro atoms. The summed E-state index contributed by atoms with van der Waals surface area (Å²) in [7, 11) is 1.26. The number of esters is 1.